The molecule has 0 aliphatic carbocycles. The Kier molecular flexibility index (Phi) is 5.52. The first-order valence-corrected chi connectivity index (χ1v) is 6.34. The maximum absolute atomic E-state index is 11.9. The van der Waals surface area contributed by atoms with E-state index in [1.54, 1.807) is 45.2 Å². The predicted molar refractivity (Wildman–Crippen MR) is 77.4 cm³/mol. The van der Waals surface area contributed by atoms with Crippen molar-refractivity contribution in [1.82, 2.24) is 10.2 Å². The van der Waals surface area contributed by atoms with Crippen molar-refractivity contribution in [1.29, 1.82) is 0 Å². The third-order valence-electron chi connectivity index (χ3n) is 3.10. The van der Waals surface area contributed by atoms with Crippen molar-refractivity contribution in [3.63, 3.8) is 0 Å². The number of amides is 3. The van der Waals surface area contributed by atoms with Gasteiger partial charge in [0.25, 0.3) is 0 Å². The highest BCUT2D eigenvalue weighted by molar-refractivity contribution is 5.92. The van der Waals surface area contributed by atoms with Gasteiger partial charge >= 0.3 is 6.03 Å². The summed E-state index contributed by atoms with van der Waals surface area (Å²) in [5, 5.41) is 14.3. The second-order valence-corrected chi connectivity index (χ2v) is 5.10. The van der Waals surface area contributed by atoms with E-state index in [1.807, 2.05) is 6.07 Å². The number of carbonyl (C=O) groups is 2. The van der Waals surface area contributed by atoms with Gasteiger partial charge in [-0.25, -0.2) is 4.79 Å². The molecule has 3 amide bonds. The van der Waals surface area contributed by atoms with Crippen molar-refractivity contribution in [2.45, 2.75) is 19.4 Å². The Balaban J connectivity index is 2.43. The average Bonchev–Trinajstić information content (AvgIpc) is 2.45. The highest BCUT2D eigenvalue weighted by Crippen LogP contribution is 2.10. The topological polar surface area (TPSA) is 81.7 Å². The molecule has 0 atom stereocenters. The van der Waals surface area contributed by atoms with Gasteiger partial charge in [0.15, 0.2) is 0 Å². The first kappa shape index (κ1) is 16.0. The van der Waals surface area contributed by atoms with Crippen LogP contribution in [0.3, 0.4) is 0 Å². The molecule has 0 unspecified atom stereocenters. The summed E-state index contributed by atoms with van der Waals surface area (Å²) in [6, 6.07) is 8.51. The monoisotopic (exact) mass is 279 g/mol. The third kappa shape index (κ3) is 4.55. The standard InChI is InChI=1S/C14H21N3O3/c1-14(2,10-18)17(3)12(19)9-15-13(20)16-11-7-5-4-6-8-11/h4-8,18H,9-10H2,1-3H3,(H2,15,16,20). The summed E-state index contributed by atoms with van der Waals surface area (Å²) in [6.45, 7) is 3.22. The van der Waals surface area contributed by atoms with Gasteiger partial charge in [-0.05, 0) is 26.0 Å². The van der Waals surface area contributed by atoms with Crippen LogP contribution in [0.1, 0.15) is 13.8 Å². The average molecular weight is 279 g/mol. The molecule has 110 valence electrons. The van der Waals surface area contributed by atoms with Crippen LogP contribution in [0.2, 0.25) is 0 Å². The minimum atomic E-state index is -0.658. The number of hydrogen-bond acceptors (Lipinski definition) is 3. The lowest BCUT2D eigenvalue weighted by Gasteiger charge is -2.33. The molecule has 0 saturated heterocycles. The third-order valence-corrected chi connectivity index (χ3v) is 3.10. The summed E-state index contributed by atoms with van der Waals surface area (Å²) in [5.41, 5.74) is -0.00391. The molecule has 1 rings (SSSR count). The first-order chi connectivity index (χ1) is 9.36. The van der Waals surface area contributed by atoms with Crippen LogP contribution in [-0.4, -0.2) is 47.7 Å². The number of anilines is 1. The zero-order chi connectivity index (χ0) is 15.2. The van der Waals surface area contributed by atoms with Gasteiger partial charge in [0.05, 0.1) is 18.7 Å². The van der Waals surface area contributed by atoms with Crippen LogP contribution in [0, 0.1) is 0 Å². The van der Waals surface area contributed by atoms with E-state index in [1.165, 1.54) is 4.90 Å². The molecule has 6 nitrogen and oxygen atoms in total. The molecule has 0 radical (unpaired) electrons. The quantitative estimate of drug-likeness (QED) is 0.753. The largest absolute Gasteiger partial charge is 0.394 e. The normalized spacial score (nSPS) is 10.8. The number of nitrogens with one attached hydrogen (secondary N) is 2. The van der Waals surface area contributed by atoms with E-state index in [4.69, 9.17) is 0 Å². The van der Waals surface area contributed by atoms with Crippen molar-refractivity contribution in [2.75, 3.05) is 25.5 Å². The summed E-state index contributed by atoms with van der Waals surface area (Å²) in [6.07, 6.45) is 0. The lowest BCUT2D eigenvalue weighted by Crippen LogP contribution is -2.51. The van der Waals surface area contributed by atoms with E-state index >= 15 is 0 Å². The second kappa shape index (κ2) is 6.91. The number of urea groups is 1. The van der Waals surface area contributed by atoms with Crippen molar-refractivity contribution in [3.05, 3.63) is 30.3 Å². The van der Waals surface area contributed by atoms with Gasteiger partial charge in [-0.2, -0.15) is 0 Å². The summed E-state index contributed by atoms with van der Waals surface area (Å²) >= 11 is 0. The SMILES string of the molecule is CN(C(=O)CNC(=O)Nc1ccccc1)C(C)(C)CO. The number of para-hydroxylation sites is 1. The van der Waals surface area contributed by atoms with Crippen molar-refractivity contribution in [2.24, 2.45) is 0 Å². The van der Waals surface area contributed by atoms with Gasteiger partial charge in [-0.15, -0.1) is 0 Å². The molecule has 6 heteroatoms. The Morgan fingerprint density at radius 1 is 1.25 bits per heavy atom. The van der Waals surface area contributed by atoms with Crippen LogP contribution < -0.4 is 10.6 Å². The van der Waals surface area contributed by atoms with Crippen LogP contribution >= 0.6 is 0 Å². The number of rotatable bonds is 5. The molecule has 0 aromatic heterocycles. The van der Waals surface area contributed by atoms with Gasteiger partial charge in [0, 0.05) is 12.7 Å². The molecule has 0 fully saturated rings. The van der Waals surface area contributed by atoms with Gasteiger partial charge < -0.3 is 20.6 Å². The maximum Gasteiger partial charge on any atom is 0.319 e. The van der Waals surface area contributed by atoms with E-state index in [0.717, 1.165) is 0 Å². The smallest absolute Gasteiger partial charge is 0.319 e. The Bertz CT molecular complexity index is 460. The number of likely N-dealkylation sites (N-methyl/N-ethyl adjacent to an activating group) is 1. The highest BCUT2D eigenvalue weighted by atomic mass is 16.3. The fourth-order valence-corrected chi connectivity index (χ4v) is 1.41. The first-order valence-electron chi connectivity index (χ1n) is 6.34. The summed E-state index contributed by atoms with van der Waals surface area (Å²) in [7, 11) is 1.59. The van der Waals surface area contributed by atoms with Gasteiger partial charge in [-0.3, -0.25) is 4.79 Å². The Morgan fingerprint density at radius 3 is 2.40 bits per heavy atom. The summed E-state index contributed by atoms with van der Waals surface area (Å²) < 4.78 is 0. The van der Waals surface area contributed by atoms with E-state index in [-0.39, 0.29) is 19.1 Å². The van der Waals surface area contributed by atoms with Crippen molar-refractivity contribution >= 4 is 17.6 Å². The van der Waals surface area contributed by atoms with Crippen LogP contribution in [0.4, 0.5) is 10.5 Å². The highest BCUT2D eigenvalue weighted by Gasteiger charge is 2.26. The van der Waals surface area contributed by atoms with E-state index in [2.05, 4.69) is 10.6 Å². The minimum absolute atomic E-state index is 0.126. The molecule has 0 saturated carbocycles. The fraction of sp³-hybridized carbons (Fsp3) is 0.429. The Labute approximate surface area is 118 Å². The van der Waals surface area contributed by atoms with Crippen LogP contribution in [0.5, 0.6) is 0 Å². The maximum atomic E-state index is 11.9. The molecule has 20 heavy (non-hydrogen) atoms. The fourth-order valence-electron chi connectivity index (χ4n) is 1.41. The number of benzene rings is 1. The molecule has 0 aliphatic heterocycles. The zero-order valence-corrected chi connectivity index (χ0v) is 12.0. The molecule has 1 aromatic carbocycles. The predicted octanol–water partition coefficient (Wildman–Crippen LogP) is 1.04. The lowest BCUT2D eigenvalue weighted by atomic mass is 10.1. The number of nitrogens with zero attached hydrogens (tertiary/aromatic N) is 1. The van der Waals surface area contributed by atoms with Gasteiger partial charge in [-0.1, -0.05) is 18.2 Å². The van der Waals surface area contributed by atoms with Crippen LogP contribution in [0.15, 0.2) is 30.3 Å². The summed E-state index contributed by atoms with van der Waals surface area (Å²) in [5.74, 6) is -0.271. The van der Waals surface area contributed by atoms with Gasteiger partial charge in [0.1, 0.15) is 0 Å². The van der Waals surface area contributed by atoms with Crippen molar-refractivity contribution in [3.8, 4) is 0 Å². The van der Waals surface area contributed by atoms with E-state index in [9.17, 15) is 14.7 Å². The number of hydrogen-bond donors (Lipinski definition) is 3. The van der Waals surface area contributed by atoms with E-state index < -0.39 is 11.6 Å². The number of carbonyl (C=O) groups excluding carboxylic acids is 2. The Hall–Kier alpha value is -2.08. The summed E-state index contributed by atoms with van der Waals surface area (Å²) in [4.78, 5) is 24.9. The van der Waals surface area contributed by atoms with Crippen LogP contribution in [-0.2, 0) is 4.79 Å². The number of aliphatic hydroxyl groups is 1. The molecule has 0 spiro atoms. The zero-order valence-electron chi connectivity index (χ0n) is 12.0. The minimum Gasteiger partial charge on any atom is -0.394 e. The Morgan fingerprint density at radius 2 is 1.85 bits per heavy atom. The van der Waals surface area contributed by atoms with Crippen LogP contribution in [0.25, 0.3) is 0 Å². The molecule has 0 bridgehead atoms. The molecule has 0 aliphatic rings. The van der Waals surface area contributed by atoms with E-state index in [0.29, 0.717) is 5.69 Å². The van der Waals surface area contributed by atoms with Gasteiger partial charge in [0.2, 0.25) is 5.91 Å². The lowest BCUT2D eigenvalue weighted by molar-refractivity contribution is -0.134. The molecular weight excluding hydrogens is 258 g/mol. The second-order valence-electron chi connectivity index (χ2n) is 5.10. The van der Waals surface area contributed by atoms with Crippen molar-refractivity contribution < 1.29 is 14.7 Å². The molecule has 0 heterocycles. The molecule has 3 N–H and O–H groups in total. The molecule has 1 aromatic rings. The number of aliphatic hydroxyl groups excluding tert-OH is 1. The molecular formula is C14H21N3O3.